The predicted molar refractivity (Wildman–Crippen MR) is 111 cm³/mol. The average molecular weight is 475 g/mol. The first-order valence-electron chi connectivity index (χ1n) is 8.05. The zero-order chi connectivity index (χ0) is 22.7. The number of aryl methyl sites for hydroxylation is 1. The number of nitrogens with zero attached hydrogens (tertiary/aromatic N) is 2. The summed E-state index contributed by atoms with van der Waals surface area (Å²) >= 11 is 1.34. The Kier molecular flexibility index (Phi) is 7.10. The molecular formula is C16H18N4O7S3. The molecule has 1 amide bonds. The fourth-order valence-corrected chi connectivity index (χ4v) is 4.34. The number of benzene rings is 1. The number of sulfone groups is 1. The third kappa shape index (κ3) is 6.70. The minimum atomic E-state index is -4.67. The lowest BCUT2D eigenvalue weighted by Crippen LogP contribution is -2.04. The molecule has 1 aromatic carbocycles. The van der Waals surface area contributed by atoms with Gasteiger partial charge in [0, 0.05) is 31.1 Å². The molecule has 11 nitrogen and oxygen atoms in total. The number of anilines is 1. The molecule has 0 atom stereocenters. The number of amides is 1. The van der Waals surface area contributed by atoms with E-state index in [0.29, 0.717) is 16.5 Å². The minimum Gasteiger partial charge on any atom is -0.345 e. The van der Waals surface area contributed by atoms with Crippen molar-refractivity contribution in [1.82, 2.24) is 15.0 Å². The fraction of sp³-hybridized carbons (Fsp3) is 0.188. The normalized spacial score (nSPS) is 11.5. The maximum atomic E-state index is 12.1. The number of hydrogen-bond donors (Lipinski definition) is 4. The molecule has 0 fully saturated rings. The molecule has 0 radical (unpaired) electrons. The maximum absolute atomic E-state index is 12.1. The predicted octanol–water partition coefficient (Wildman–Crippen LogP) is 2.22. The highest BCUT2D eigenvalue weighted by Gasteiger charge is 2.19. The Bertz CT molecular complexity index is 1260. The molecule has 30 heavy (non-hydrogen) atoms. The number of nitrogens with one attached hydrogen (secondary N) is 2. The molecule has 14 heteroatoms. The van der Waals surface area contributed by atoms with Crippen LogP contribution in [-0.4, -0.2) is 53.1 Å². The highest BCUT2D eigenvalue weighted by atomic mass is 32.3. The molecule has 0 aliphatic carbocycles. The van der Waals surface area contributed by atoms with Crippen LogP contribution < -0.4 is 5.32 Å². The zero-order valence-electron chi connectivity index (χ0n) is 15.9. The van der Waals surface area contributed by atoms with Crippen LogP contribution in [0.5, 0.6) is 0 Å². The van der Waals surface area contributed by atoms with Crippen LogP contribution in [0.15, 0.2) is 35.5 Å². The number of imidazole rings is 1. The van der Waals surface area contributed by atoms with E-state index in [1.807, 2.05) is 6.92 Å². The van der Waals surface area contributed by atoms with Crippen LogP contribution in [0.2, 0.25) is 0 Å². The van der Waals surface area contributed by atoms with E-state index in [1.165, 1.54) is 24.5 Å². The fourth-order valence-electron chi connectivity index (χ4n) is 2.46. The first-order valence-corrected chi connectivity index (χ1v) is 12.2. The molecule has 0 saturated heterocycles. The number of carbonyl (C=O) groups is 1. The van der Waals surface area contributed by atoms with Gasteiger partial charge < -0.3 is 10.3 Å². The third-order valence-corrected chi connectivity index (χ3v) is 5.75. The van der Waals surface area contributed by atoms with E-state index >= 15 is 0 Å². The Morgan fingerprint density at radius 2 is 1.83 bits per heavy atom. The molecule has 0 unspecified atom stereocenters. The number of H-pyrrole nitrogens is 1. The second-order valence-electron chi connectivity index (χ2n) is 5.98. The van der Waals surface area contributed by atoms with Gasteiger partial charge in [0.1, 0.15) is 5.82 Å². The van der Waals surface area contributed by atoms with Gasteiger partial charge in [0.2, 0.25) is 5.91 Å². The highest BCUT2D eigenvalue weighted by Crippen LogP contribution is 2.36. The van der Waals surface area contributed by atoms with Gasteiger partial charge in [-0.3, -0.25) is 13.9 Å². The smallest absolute Gasteiger partial charge is 0.345 e. The number of aromatic amines is 1. The van der Waals surface area contributed by atoms with Gasteiger partial charge in [-0.1, -0.05) is 17.4 Å². The van der Waals surface area contributed by atoms with Crippen molar-refractivity contribution in [2.75, 3.05) is 11.6 Å². The molecule has 4 N–H and O–H groups in total. The summed E-state index contributed by atoms with van der Waals surface area (Å²) < 4.78 is 55.8. The zero-order valence-corrected chi connectivity index (χ0v) is 18.4. The Labute approximate surface area is 176 Å². The standard InChI is InChI=1S/C16H16N4O3S2.H2O4S/c1-9-14(24-16(19-9)20-10(2)21)11-4-5-13(25(3,22)23)12(8-11)15-17-6-7-18-15;1-5(2,3)4/h4-8H,1-3H3,(H,17,18)(H,19,20,21);(H2,1,2,3,4). The molecule has 0 saturated carbocycles. The molecular weight excluding hydrogens is 456 g/mol. The summed E-state index contributed by atoms with van der Waals surface area (Å²) in [7, 11) is -8.08. The van der Waals surface area contributed by atoms with Gasteiger partial charge in [0.25, 0.3) is 0 Å². The van der Waals surface area contributed by atoms with Crippen molar-refractivity contribution in [3.8, 4) is 21.8 Å². The largest absolute Gasteiger partial charge is 0.394 e. The first-order chi connectivity index (χ1) is 13.8. The molecule has 162 valence electrons. The summed E-state index contributed by atoms with van der Waals surface area (Å²) in [4.78, 5) is 23.7. The lowest BCUT2D eigenvalue weighted by atomic mass is 10.1. The Morgan fingerprint density at radius 3 is 2.33 bits per heavy atom. The number of carbonyl (C=O) groups excluding carboxylic acids is 1. The number of aromatic nitrogens is 3. The summed E-state index contributed by atoms with van der Waals surface area (Å²) in [5.74, 6) is 0.288. The van der Waals surface area contributed by atoms with E-state index in [2.05, 4.69) is 20.3 Å². The van der Waals surface area contributed by atoms with Crippen molar-refractivity contribution in [2.45, 2.75) is 18.7 Å². The van der Waals surface area contributed by atoms with Crippen LogP contribution in [0.3, 0.4) is 0 Å². The quantitative estimate of drug-likeness (QED) is 0.412. The van der Waals surface area contributed by atoms with E-state index in [1.54, 1.807) is 30.6 Å². The van der Waals surface area contributed by atoms with Gasteiger partial charge in [0.15, 0.2) is 15.0 Å². The van der Waals surface area contributed by atoms with Crippen LogP contribution in [-0.2, 0) is 25.0 Å². The van der Waals surface area contributed by atoms with Crippen molar-refractivity contribution in [2.24, 2.45) is 0 Å². The van der Waals surface area contributed by atoms with Crippen LogP contribution in [0.1, 0.15) is 12.6 Å². The highest BCUT2D eigenvalue weighted by molar-refractivity contribution is 7.90. The van der Waals surface area contributed by atoms with Gasteiger partial charge in [-0.2, -0.15) is 8.42 Å². The summed E-state index contributed by atoms with van der Waals surface area (Å²) in [5.41, 5.74) is 2.07. The average Bonchev–Trinajstić information content (AvgIpc) is 3.21. The lowest BCUT2D eigenvalue weighted by Gasteiger charge is -2.08. The van der Waals surface area contributed by atoms with E-state index in [4.69, 9.17) is 17.5 Å². The summed E-state index contributed by atoms with van der Waals surface area (Å²) in [6, 6.07) is 5.08. The van der Waals surface area contributed by atoms with Crippen LogP contribution in [0, 0.1) is 6.92 Å². The molecule has 0 bridgehead atoms. The summed E-state index contributed by atoms with van der Waals surface area (Å²) in [6.07, 6.45) is 4.38. The Morgan fingerprint density at radius 1 is 1.20 bits per heavy atom. The second-order valence-corrected chi connectivity index (χ2v) is 9.86. The third-order valence-electron chi connectivity index (χ3n) is 3.47. The molecule has 2 heterocycles. The van der Waals surface area contributed by atoms with E-state index in [0.717, 1.165) is 16.1 Å². The number of rotatable bonds is 4. The Balaban J connectivity index is 0.000000575. The minimum absolute atomic E-state index is 0.191. The molecule has 0 aliphatic rings. The van der Waals surface area contributed by atoms with Crippen LogP contribution in [0.4, 0.5) is 5.13 Å². The van der Waals surface area contributed by atoms with Gasteiger partial charge in [-0.25, -0.2) is 18.4 Å². The molecule has 0 aliphatic heterocycles. The van der Waals surface area contributed by atoms with Crippen molar-refractivity contribution >= 4 is 42.6 Å². The number of hydrogen-bond acceptors (Lipinski definition) is 8. The SMILES string of the molecule is CC(=O)Nc1nc(C)c(-c2ccc(S(C)(=O)=O)c(-c3ncc[nH]3)c2)s1.O=S(=O)(O)O. The van der Waals surface area contributed by atoms with Crippen molar-refractivity contribution < 1.29 is 30.7 Å². The molecule has 0 spiro atoms. The van der Waals surface area contributed by atoms with E-state index < -0.39 is 20.2 Å². The second kappa shape index (κ2) is 9.01. The van der Waals surface area contributed by atoms with Gasteiger partial charge >= 0.3 is 10.4 Å². The molecule has 2 aromatic heterocycles. The van der Waals surface area contributed by atoms with Gasteiger partial charge in [0.05, 0.1) is 15.5 Å². The summed E-state index contributed by atoms with van der Waals surface area (Å²) in [5, 5.41) is 3.17. The van der Waals surface area contributed by atoms with Crippen LogP contribution in [0.25, 0.3) is 21.8 Å². The summed E-state index contributed by atoms with van der Waals surface area (Å²) in [6.45, 7) is 3.26. The molecule has 3 aromatic rings. The lowest BCUT2D eigenvalue weighted by molar-refractivity contribution is -0.114. The number of thiazole rings is 1. The monoisotopic (exact) mass is 474 g/mol. The maximum Gasteiger partial charge on any atom is 0.394 e. The van der Waals surface area contributed by atoms with Crippen molar-refractivity contribution in [1.29, 1.82) is 0 Å². The topological polar surface area (TPSA) is 179 Å². The van der Waals surface area contributed by atoms with Gasteiger partial charge in [-0.05, 0) is 24.6 Å². The van der Waals surface area contributed by atoms with E-state index in [-0.39, 0.29) is 10.8 Å². The van der Waals surface area contributed by atoms with Gasteiger partial charge in [-0.15, -0.1) is 0 Å². The van der Waals surface area contributed by atoms with Crippen molar-refractivity contribution in [3.05, 3.63) is 36.3 Å². The Hall–Kier alpha value is -2.65. The molecule has 3 rings (SSSR count). The first kappa shape index (κ1) is 23.6. The van der Waals surface area contributed by atoms with Crippen molar-refractivity contribution in [3.63, 3.8) is 0 Å². The van der Waals surface area contributed by atoms with E-state index in [9.17, 15) is 13.2 Å². The van der Waals surface area contributed by atoms with Crippen LogP contribution >= 0.6 is 11.3 Å².